The van der Waals surface area contributed by atoms with E-state index in [9.17, 15) is 8.42 Å². The fraction of sp³-hybridized carbons (Fsp3) is 0.364. The molecule has 1 aliphatic heterocycles. The van der Waals surface area contributed by atoms with Crippen LogP contribution in [-0.4, -0.2) is 65.8 Å². The van der Waals surface area contributed by atoms with Gasteiger partial charge >= 0.3 is 0 Å². The highest BCUT2D eigenvalue weighted by Crippen LogP contribution is 2.26. The first kappa shape index (κ1) is 23.0. The maximum absolute atomic E-state index is 12.0. The summed E-state index contributed by atoms with van der Waals surface area (Å²) in [7, 11) is -3.44. The number of nitrogens with zero attached hydrogens (tertiary/aromatic N) is 5. The van der Waals surface area contributed by atoms with Crippen molar-refractivity contribution in [3.05, 3.63) is 54.1 Å². The van der Waals surface area contributed by atoms with Gasteiger partial charge in [0.2, 0.25) is 0 Å². The summed E-state index contributed by atoms with van der Waals surface area (Å²) in [5.41, 5.74) is 2.12. The number of sulfone groups is 1. The van der Waals surface area contributed by atoms with E-state index in [1.54, 1.807) is 12.1 Å². The molecule has 11 heteroatoms. The summed E-state index contributed by atoms with van der Waals surface area (Å²) in [5, 5.41) is 6.15. The summed E-state index contributed by atoms with van der Waals surface area (Å²) in [5.74, 6) is 1.79. The lowest BCUT2D eigenvalue weighted by Gasteiger charge is -2.33. The van der Waals surface area contributed by atoms with E-state index in [1.807, 2.05) is 13.0 Å². The molecule has 1 fully saturated rings. The summed E-state index contributed by atoms with van der Waals surface area (Å²) in [4.78, 5) is 19.7. The van der Waals surface area contributed by atoms with Crippen molar-refractivity contribution in [2.75, 3.05) is 43.2 Å². The lowest BCUT2D eigenvalue weighted by molar-refractivity contribution is 0.0197. The van der Waals surface area contributed by atoms with E-state index in [0.717, 1.165) is 38.3 Å². The van der Waals surface area contributed by atoms with Crippen LogP contribution in [-0.2, 0) is 14.6 Å². The smallest absolute Gasteiger partial charge is 0.179 e. The predicted molar refractivity (Wildman–Crippen MR) is 126 cm³/mol. The Morgan fingerprint density at radius 3 is 2.45 bits per heavy atom. The van der Waals surface area contributed by atoms with Crippen LogP contribution in [0.15, 0.2) is 47.8 Å². The number of hydrogen-bond donors (Lipinski definition) is 2. The van der Waals surface area contributed by atoms with Crippen LogP contribution >= 0.6 is 0 Å². The second-order valence-electron chi connectivity index (χ2n) is 7.86. The number of morpholine rings is 1. The fourth-order valence-electron chi connectivity index (χ4n) is 3.77. The summed E-state index contributed by atoms with van der Waals surface area (Å²) < 4.78 is 29.5. The highest BCUT2D eigenvalue weighted by Gasteiger charge is 2.20. The van der Waals surface area contributed by atoms with Gasteiger partial charge in [-0.05, 0) is 37.6 Å². The summed E-state index contributed by atoms with van der Waals surface area (Å²) in [6.07, 6.45) is 4.04. The highest BCUT2D eigenvalue weighted by molar-refractivity contribution is 7.90. The Kier molecular flexibility index (Phi) is 6.82. The zero-order valence-electron chi connectivity index (χ0n) is 18.8. The Bertz CT molecular complexity index is 1230. The van der Waals surface area contributed by atoms with Gasteiger partial charge in [-0.3, -0.25) is 4.90 Å². The summed E-state index contributed by atoms with van der Waals surface area (Å²) in [6.45, 7) is 7.52. The average Bonchev–Trinajstić information content (AvgIpc) is 2.79. The average molecular weight is 470 g/mol. The van der Waals surface area contributed by atoms with E-state index >= 15 is 0 Å². The zero-order chi connectivity index (χ0) is 23.4. The van der Waals surface area contributed by atoms with Crippen LogP contribution in [0, 0.1) is 6.92 Å². The molecule has 4 rings (SSSR count). The molecule has 0 bridgehead atoms. The van der Waals surface area contributed by atoms with Gasteiger partial charge in [0, 0.05) is 43.3 Å². The zero-order valence-corrected chi connectivity index (χ0v) is 19.6. The van der Waals surface area contributed by atoms with Gasteiger partial charge in [0.1, 0.15) is 34.5 Å². The third kappa shape index (κ3) is 5.62. The number of ether oxygens (including phenoxy) is 1. The topological polar surface area (TPSA) is 122 Å². The minimum absolute atomic E-state index is 0.0976. The van der Waals surface area contributed by atoms with E-state index in [2.05, 4.69) is 43.5 Å². The van der Waals surface area contributed by atoms with Crippen molar-refractivity contribution in [1.82, 2.24) is 24.8 Å². The number of aryl methyl sites for hydroxylation is 1. The number of rotatable bonds is 7. The number of anilines is 4. The van der Waals surface area contributed by atoms with Crippen molar-refractivity contribution in [2.45, 2.75) is 24.8 Å². The minimum atomic E-state index is -3.44. The van der Waals surface area contributed by atoms with Gasteiger partial charge in [0.25, 0.3) is 0 Å². The minimum Gasteiger partial charge on any atom is -0.379 e. The molecule has 0 aliphatic carbocycles. The quantitative estimate of drug-likeness (QED) is 0.534. The molecule has 0 radical (unpaired) electrons. The standard InChI is InChI=1S/C22H27N7O3S/c1-15-17(16(2)29-9-11-32-12-10-29)6-7-19(26-15)27-20-13-21(25-14-24-20)28-22-18(33(3,30)31)5-4-8-23-22/h4-8,13-14,16H,9-12H2,1-3H3,(H2,23,24,25,26,27,28)/t16-/m1/s1. The van der Waals surface area contributed by atoms with Crippen molar-refractivity contribution in [3.63, 3.8) is 0 Å². The molecule has 0 unspecified atom stereocenters. The first-order valence-corrected chi connectivity index (χ1v) is 12.5. The van der Waals surface area contributed by atoms with Gasteiger partial charge in [0.05, 0.1) is 13.2 Å². The Morgan fingerprint density at radius 2 is 1.76 bits per heavy atom. The molecular formula is C22H27N7O3S. The number of pyridine rings is 2. The molecule has 0 aromatic carbocycles. The summed E-state index contributed by atoms with van der Waals surface area (Å²) >= 11 is 0. The SMILES string of the molecule is Cc1nc(Nc2cc(Nc3ncccc3S(C)(=O)=O)ncn2)ccc1[C@@H](C)N1CCOCC1. The van der Waals surface area contributed by atoms with Crippen LogP contribution in [0.1, 0.15) is 24.2 Å². The lowest BCUT2D eigenvalue weighted by atomic mass is 10.1. The van der Waals surface area contributed by atoms with Gasteiger partial charge < -0.3 is 15.4 Å². The molecule has 0 amide bonds. The lowest BCUT2D eigenvalue weighted by Crippen LogP contribution is -2.38. The van der Waals surface area contributed by atoms with E-state index in [-0.39, 0.29) is 16.8 Å². The second kappa shape index (κ2) is 9.77. The number of aromatic nitrogens is 4. The molecule has 10 nitrogen and oxygen atoms in total. The molecule has 4 heterocycles. The molecule has 174 valence electrons. The van der Waals surface area contributed by atoms with Crippen LogP contribution < -0.4 is 10.6 Å². The number of nitrogens with one attached hydrogen (secondary N) is 2. The largest absolute Gasteiger partial charge is 0.379 e. The van der Waals surface area contributed by atoms with E-state index in [4.69, 9.17) is 9.72 Å². The maximum Gasteiger partial charge on any atom is 0.179 e. The van der Waals surface area contributed by atoms with Crippen LogP contribution in [0.2, 0.25) is 0 Å². The molecule has 1 saturated heterocycles. The second-order valence-corrected chi connectivity index (χ2v) is 9.84. The van der Waals surface area contributed by atoms with Gasteiger partial charge in [-0.15, -0.1) is 0 Å². The Hall–Kier alpha value is -3.15. The van der Waals surface area contributed by atoms with E-state index < -0.39 is 9.84 Å². The third-order valence-corrected chi connectivity index (χ3v) is 6.64. The normalized spacial score (nSPS) is 15.7. The molecule has 1 aliphatic rings. The molecule has 33 heavy (non-hydrogen) atoms. The van der Waals surface area contributed by atoms with Crippen molar-refractivity contribution >= 4 is 33.1 Å². The van der Waals surface area contributed by atoms with Gasteiger partial charge in [-0.25, -0.2) is 28.4 Å². The van der Waals surface area contributed by atoms with Crippen LogP contribution in [0.25, 0.3) is 0 Å². The van der Waals surface area contributed by atoms with Crippen LogP contribution in [0.4, 0.5) is 23.3 Å². The molecule has 1 atom stereocenters. The molecule has 3 aromatic rings. The van der Waals surface area contributed by atoms with Crippen molar-refractivity contribution in [2.24, 2.45) is 0 Å². The molecule has 3 aromatic heterocycles. The van der Waals surface area contributed by atoms with Crippen molar-refractivity contribution < 1.29 is 13.2 Å². The first-order valence-electron chi connectivity index (χ1n) is 10.6. The van der Waals surface area contributed by atoms with Crippen molar-refractivity contribution in [3.8, 4) is 0 Å². The Labute approximate surface area is 193 Å². The van der Waals surface area contributed by atoms with Gasteiger partial charge in [-0.2, -0.15) is 0 Å². The monoisotopic (exact) mass is 469 g/mol. The van der Waals surface area contributed by atoms with Gasteiger partial charge in [0.15, 0.2) is 9.84 Å². The summed E-state index contributed by atoms with van der Waals surface area (Å²) in [6, 6.07) is 9.00. The van der Waals surface area contributed by atoms with Crippen molar-refractivity contribution in [1.29, 1.82) is 0 Å². The van der Waals surface area contributed by atoms with Gasteiger partial charge in [-0.1, -0.05) is 6.07 Å². The third-order valence-electron chi connectivity index (χ3n) is 5.51. The molecular weight excluding hydrogens is 442 g/mol. The molecule has 0 saturated carbocycles. The van der Waals surface area contributed by atoms with E-state index in [0.29, 0.717) is 17.5 Å². The Morgan fingerprint density at radius 1 is 1.03 bits per heavy atom. The molecule has 0 spiro atoms. The predicted octanol–water partition coefficient (Wildman–Crippen LogP) is 2.86. The highest BCUT2D eigenvalue weighted by atomic mass is 32.2. The van der Waals surface area contributed by atoms with Crippen LogP contribution in [0.3, 0.4) is 0 Å². The maximum atomic E-state index is 12.0. The number of hydrogen-bond acceptors (Lipinski definition) is 10. The fourth-order valence-corrected chi connectivity index (χ4v) is 4.56. The first-order chi connectivity index (χ1) is 15.8. The van der Waals surface area contributed by atoms with E-state index in [1.165, 1.54) is 24.2 Å². The molecule has 2 N–H and O–H groups in total. The Balaban J connectivity index is 1.49. The van der Waals surface area contributed by atoms with Crippen LogP contribution in [0.5, 0.6) is 0 Å².